The number of aromatic nitrogens is 1. The highest BCUT2D eigenvalue weighted by atomic mass is 16.5. The maximum absolute atomic E-state index is 12.9. The van der Waals surface area contributed by atoms with Gasteiger partial charge in [0.1, 0.15) is 5.75 Å². The zero-order valence-electron chi connectivity index (χ0n) is 17.6. The second kappa shape index (κ2) is 9.69. The Kier molecular flexibility index (Phi) is 6.77. The lowest BCUT2D eigenvalue weighted by Crippen LogP contribution is -2.56. The van der Waals surface area contributed by atoms with Gasteiger partial charge in [0.15, 0.2) is 5.78 Å². The molecule has 1 aromatic carbocycles. The first-order valence-electron chi connectivity index (χ1n) is 10.9. The molecule has 0 saturated carbocycles. The summed E-state index contributed by atoms with van der Waals surface area (Å²) in [6, 6.07) is 11.6. The molecular formula is C24H31N3O3. The lowest BCUT2D eigenvalue weighted by Gasteiger charge is -2.44. The van der Waals surface area contributed by atoms with E-state index in [0.717, 1.165) is 63.3 Å². The van der Waals surface area contributed by atoms with Crippen molar-refractivity contribution in [1.29, 1.82) is 0 Å². The molecule has 1 aromatic heterocycles. The van der Waals surface area contributed by atoms with Crippen LogP contribution in [-0.4, -0.2) is 71.1 Å². The van der Waals surface area contributed by atoms with Gasteiger partial charge in [0.25, 0.3) is 0 Å². The van der Waals surface area contributed by atoms with Gasteiger partial charge in [0.2, 0.25) is 0 Å². The molecule has 2 atom stereocenters. The third kappa shape index (κ3) is 4.89. The molecular weight excluding hydrogens is 378 g/mol. The standard InChI is InChI=1S/C24H31N3O3/c1-30-21-6-4-19(5-7-21)24(29)20-8-13-27(14-9-20)22-17-26(12-10-23(22)28)16-18-3-2-11-25-15-18/h2-7,11,15,20,22-23,28H,8-10,12-14,16-17H2,1H3. The van der Waals surface area contributed by atoms with Crippen molar-refractivity contribution in [3.8, 4) is 5.75 Å². The van der Waals surface area contributed by atoms with Crippen LogP contribution < -0.4 is 4.74 Å². The summed E-state index contributed by atoms with van der Waals surface area (Å²) < 4.78 is 5.18. The molecule has 0 amide bonds. The van der Waals surface area contributed by atoms with E-state index in [2.05, 4.69) is 20.9 Å². The Morgan fingerprint density at radius 3 is 2.57 bits per heavy atom. The topological polar surface area (TPSA) is 65.9 Å². The third-order valence-corrected chi connectivity index (χ3v) is 6.50. The minimum absolute atomic E-state index is 0.0573. The molecule has 0 aliphatic carbocycles. The van der Waals surface area contributed by atoms with Gasteiger partial charge in [0, 0.05) is 49.6 Å². The van der Waals surface area contributed by atoms with E-state index in [9.17, 15) is 9.90 Å². The lowest BCUT2D eigenvalue weighted by atomic mass is 9.87. The molecule has 3 heterocycles. The van der Waals surface area contributed by atoms with Crippen LogP contribution in [0.2, 0.25) is 0 Å². The van der Waals surface area contributed by atoms with Gasteiger partial charge in [-0.3, -0.25) is 19.6 Å². The number of ether oxygens (including phenoxy) is 1. The highest BCUT2D eigenvalue weighted by Gasteiger charge is 2.35. The maximum atomic E-state index is 12.9. The van der Waals surface area contributed by atoms with Crippen molar-refractivity contribution in [2.75, 3.05) is 33.3 Å². The Labute approximate surface area is 178 Å². The largest absolute Gasteiger partial charge is 0.497 e. The molecule has 2 fully saturated rings. The summed E-state index contributed by atoms with van der Waals surface area (Å²) in [6.45, 7) is 4.33. The van der Waals surface area contributed by atoms with Crippen LogP contribution in [0.1, 0.15) is 35.2 Å². The smallest absolute Gasteiger partial charge is 0.166 e. The number of pyridine rings is 1. The van der Waals surface area contributed by atoms with Gasteiger partial charge in [-0.05, 0) is 68.2 Å². The molecule has 160 valence electrons. The fourth-order valence-corrected chi connectivity index (χ4v) is 4.72. The van der Waals surface area contributed by atoms with E-state index in [1.165, 1.54) is 5.56 Å². The molecule has 30 heavy (non-hydrogen) atoms. The average Bonchev–Trinajstić information content (AvgIpc) is 2.81. The number of piperidine rings is 2. The number of hydrogen-bond acceptors (Lipinski definition) is 6. The molecule has 2 aliphatic rings. The molecule has 0 radical (unpaired) electrons. The van der Waals surface area contributed by atoms with Crippen LogP contribution in [0.5, 0.6) is 5.75 Å². The van der Waals surface area contributed by atoms with Crippen molar-refractivity contribution in [3.63, 3.8) is 0 Å². The average molecular weight is 410 g/mol. The molecule has 1 N–H and O–H groups in total. The van der Waals surface area contributed by atoms with E-state index < -0.39 is 0 Å². The van der Waals surface area contributed by atoms with Crippen molar-refractivity contribution < 1.29 is 14.6 Å². The Balaban J connectivity index is 1.32. The van der Waals surface area contributed by atoms with Crippen LogP contribution in [0, 0.1) is 5.92 Å². The summed E-state index contributed by atoms with van der Waals surface area (Å²) in [7, 11) is 1.63. The van der Waals surface area contributed by atoms with Crippen LogP contribution >= 0.6 is 0 Å². The molecule has 0 spiro atoms. The zero-order chi connectivity index (χ0) is 20.9. The van der Waals surface area contributed by atoms with E-state index in [4.69, 9.17) is 4.74 Å². The summed E-state index contributed by atoms with van der Waals surface area (Å²) in [5.74, 6) is 1.05. The Morgan fingerprint density at radius 1 is 1.13 bits per heavy atom. The monoisotopic (exact) mass is 409 g/mol. The van der Waals surface area contributed by atoms with Crippen LogP contribution in [0.3, 0.4) is 0 Å². The maximum Gasteiger partial charge on any atom is 0.166 e. The van der Waals surface area contributed by atoms with E-state index >= 15 is 0 Å². The van der Waals surface area contributed by atoms with E-state index in [1.807, 2.05) is 36.5 Å². The minimum Gasteiger partial charge on any atom is -0.497 e. The molecule has 4 rings (SSSR count). The number of aliphatic hydroxyl groups is 1. The normalized spacial score (nSPS) is 23.9. The number of methoxy groups -OCH3 is 1. The number of carbonyl (C=O) groups is 1. The minimum atomic E-state index is -0.302. The van der Waals surface area contributed by atoms with Crippen molar-refractivity contribution >= 4 is 5.78 Å². The van der Waals surface area contributed by atoms with Gasteiger partial charge in [-0.1, -0.05) is 6.07 Å². The van der Waals surface area contributed by atoms with E-state index in [0.29, 0.717) is 0 Å². The second-order valence-corrected chi connectivity index (χ2v) is 8.42. The highest BCUT2D eigenvalue weighted by molar-refractivity contribution is 5.98. The number of Topliss-reactive ketones (excluding diaryl/α,β-unsaturated/α-hetero) is 1. The predicted octanol–water partition coefficient (Wildman–Crippen LogP) is 2.62. The van der Waals surface area contributed by atoms with E-state index in [-0.39, 0.29) is 23.8 Å². The number of likely N-dealkylation sites (tertiary alicyclic amines) is 2. The molecule has 2 saturated heterocycles. The molecule has 2 unspecified atom stereocenters. The van der Waals surface area contributed by atoms with Crippen molar-refractivity contribution in [2.24, 2.45) is 5.92 Å². The van der Waals surface area contributed by atoms with Gasteiger partial charge in [-0.25, -0.2) is 0 Å². The van der Waals surface area contributed by atoms with Crippen molar-refractivity contribution in [1.82, 2.24) is 14.8 Å². The summed E-state index contributed by atoms with van der Waals surface area (Å²) in [6.07, 6.45) is 5.88. The van der Waals surface area contributed by atoms with Gasteiger partial charge in [0.05, 0.1) is 13.2 Å². The number of nitrogens with zero attached hydrogens (tertiary/aromatic N) is 3. The Bertz CT molecular complexity index is 819. The number of rotatable bonds is 6. The first-order chi connectivity index (χ1) is 14.6. The van der Waals surface area contributed by atoms with Gasteiger partial charge >= 0.3 is 0 Å². The fraction of sp³-hybridized carbons (Fsp3) is 0.500. The van der Waals surface area contributed by atoms with Gasteiger partial charge < -0.3 is 9.84 Å². The number of hydrogen-bond donors (Lipinski definition) is 1. The molecule has 2 aromatic rings. The highest BCUT2D eigenvalue weighted by Crippen LogP contribution is 2.27. The van der Waals surface area contributed by atoms with Crippen LogP contribution in [0.15, 0.2) is 48.8 Å². The third-order valence-electron chi connectivity index (χ3n) is 6.50. The molecule has 6 nitrogen and oxygen atoms in total. The zero-order valence-corrected chi connectivity index (χ0v) is 17.6. The summed E-state index contributed by atoms with van der Waals surface area (Å²) in [5.41, 5.74) is 1.96. The molecule has 2 aliphatic heterocycles. The van der Waals surface area contributed by atoms with Crippen LogP contribution in [-0.2, 0) is 6.54 Å². The summed E-state index contributed by atoms with van der Waals surface area (Å²) in [4.78, 5) is 21.9. The SMILES string of the molecule is COc1ccc(C(=O)C2CCN(C3CN(Cc4cccnc4)CCC3O)CC2)cc1. The van der Waals surface area contributed by atoms with Crippen molar-refractivity contribution in [3.05, 3.63) is 59.9 Å². The molecule has 6 heteroatoms. The summed E-state index contributed by atoms with van der Waals surface area (Å²) >= 11 is 0. The quantitative estimate of drug-likeness (QED) is 0.740. The Hall–Kier alpha value is -2.28. The Morgan fingerprint density at radius 2 is 1.90 bits per heavy atom. The lowest BCUT2D eigenvalue weighted by molar-refractivity contribution is -0.0243. The number of carbonyl (C=O) groups excluding carboxylic acids is 1. The number of ketones is 1. The van der Waals surface area contributed by atoms with Gasteiger partial charge in [-0.2, -0.15) is 0 Å². The predicted molar refractivity (Wildman–Crippen MR) is 116 cm³/mol. The number of benzene rings is 1. The first kappa shape index (κ1) is 21.0. The first-order valence-corrected chi connectivity index (χ1v) is 10.9. The number of aliphatic hydroxyl groups excluding tert-OH is 1. The van der Waals surface area contributed by atoms with E-state index in [1.54, 1.807) is 13.3 Å². The summed E-state index contributed by atoms with van der Waals surface area (Å²) in [5, 5.41) is 10.6. The fourth-order valence-electron chi connectivity index (χ4n) is 4.72. The van der Waals surface area contributed by atoms with Gasteiger partial charge in [-0.15, -0.1) is 0 Å². The van der Waals surface area contributed by atoms with Crippen LogP contribution in [0.25, 0.3) is 0 Å². The second-order valence-electron chi connectivity index (χ2n) is 8.42. The molecule has 0 bridgehead atoms. The van der Waals surface area contributed by atoms with Crippen LogP contribution in [0.4, 0.5) is 0 Å². The van der Waals surface area contributed by atoms with Crippen molar-refractivity contribution in [2.45, 2.75) is 38.0 Å².